The van der Waals surface area contributed by atoms with Gasteiger partial charge in [0.15, 0.2) is 17.0 Å². The first-order valence-corrected chi connectivity index (χ1v) is 3.76. The molecule has 72 valence electrons. The van der Waals surface area contributed by atoms with Crippen LogP contribution in [0.25, 0.3) is 11.2 Å². The van der Waals surface area contributed by atoms with Crippen LogP contribution in [0.2, 0.25) is 0 Å². The second-order valence-corrected chi connectivity index (χ2v) is 2.52. The summed E-state index contributed by atoms with van der Waals surface area (Å²) >= 11 is 0. The van der Waals surface area contributed by atoms with Crippen molar-refractivity contribution in [3.8, 4) is 0 Å². The molecule has 0 aromatic carbocycles. The van der Waals surface area contributed by atoms with Gasteiger partial charge in [0, 0.05) is 0 Å². The number of carbonyl (C=O) groups is 1. The number of nitrogens with zero attached hydrogens (tertiary/aromatic N) is 4. The van der Waals surface area contributed by atoms with Gasteiger partial charge in [-0.1, -0.05) is 0 Å². The number of aromatic nitrogens is 4. The fourth-order valence-corrected chi connectivity index (χ4v) is 1.08. The average Bonchev–Trinajstić information content (AvgIpc) is 2.62. The maximum absolute atomic E-state index is 11.2. The highest BCUT2D eigenvalue weighted by Gasteiger charge is 2.12. The molecule has 7 heteroatoms. The Hall–Kier alpha value is -2.18. The fraction of sp³-hybridized carbons (Fsp3) is 0.143. The number of imidazole rings is 1. The molecule has 0 aliphatic heterocycles. The number of ether oxygens (including phenoxy) is 1. The summed E-state index contributed by atoms with van der Waals surface area (Å²) in [4.78, 5) is 22.7. The summed E-state index contributed by atoms with van der Waals surface area (Å²) in [7, 11) is 1.28. The summed E-state index contributed by atoms with van der Waals surface area (Å²) in [5.41, 5.74) is 6.26. The third-order valence-electron chi connectivity index (χ3n) is 1.73. The predicted molar refractivity (Wildman–Crippen MR) is 47.5 cm³/mol. The molecule has 2 heterocycles. The normalized spacial score (nSPS) is 10.4. The molecule has 0 spiro atoms. The Bertz CT molecular complexity index is 492. The quantitative estimate of drug-likeness (QED) is 0.633. The topological polar surface area (TPSA) is 95.9 Å². The fourth-order valence-electron chi connectivity index (χ4n) is 1.08. The van der Waals surface area contributed by atoms with Gasteiger partial charge in [0.05, 0.1) is 7.11 Å². The number of hydrogen-bond acceptors (Lipinski definition) is 6. The molecule has 0 aliphatic carbocycles. The molecule has 7 nitrogen and oxygen atoms in total. The summed E-state index contributed by atoms with van der Waals surface area (Å²) in [6.45, 7) is 0. The van der Waals surface area contributed by atoms with Crippen molar-refractivity contribution in [3.05, 3.63) is 12.7 Å². The van der Waals surface area contributed by atoms with E-state index < -0.39 is 6.09 Å². The number of anilines is 1. The summed E-state index contributed by atoms with van der Waals surface area (Å²) in [6, 6.07) is 0. The summed E-state index contributed by atoms with van der Waals surface area (Å²) in [5.74, 6) is 0.234. The zero-order valence-corrected chi connectivity index (χ0v) is 7.34. The van der Waals surface area contributed by atoms with E-state index in [-0.39, 0.29) is 5.82 Å². The Morgan fingerprint density at radius 1 is 1.50 bits per heavy atom. The third-order valence-corrected chi connectivity index (χ3v) is 1.73. The van der Waals surface area contributed by atoms with E-state index in [0.29, 0.717) is 11.2 Å². The zero-order chi connectivity index (χ0) is 10.1. The number of hydrogen-bond donors (Lipinski definition) is 1. The SMILES string of the molecule is COC(=O)n1cnc2c(N)ncnc21. The molecule has 0 aliphatic rings. The number of fused-ring (bicyclic) bond motifs is 1. The van der Waals surface area contributed by atoms with Gasteiger partial charge in [-0.2, -0.15) is 0 Å². The monoisotopic (exact) mass is 193 g/mol. The second kappa shape index (κ2) is 2.95. The molecule has 0 atom stereocenters. The molecule has 0 fully saturated rings. The van der Waals surface area contributed by atoms with E-state index >= 15 is 0 Å². The van der Waals surface area contributed by atoms with Crippen molar-refractivity contribution in [1.82, 2.24) is 19.5 Å². The molecule has 2 aromatic rings. The van der Waals surface area contributed by atoms with Crippen LogP contribution in [-0.2, 0) is 4.74 Å². The molecule has 0 bridgehead atoms. The Morgan fingerprint density at radius 2 is 2.29 bits per heavy atom. The highest BCUT2D eigenvalue weighted by Crippen LogP contribution is 2.13. The van der Waals surface area contributed by atoms with Crippen LogP contribution >= 0.6 is 0 Å². The molecule has 0 radical (unpaired) electrons. The van der Waals surface area contributed by atoms with Gasteiger partial charge < -0.3 is 10.5 Å². The van der Waals surface area contributed by atoms with Crippen LogP contribution in [0.1, 0.15) is 0 Å². The average molecular weight is 193 g/mol. The molecule has 0 saturated heterocycles. The van der Waals surface area contributed by atoms with Crippen molar-refractivity contribution in [3.63, 3.8) is 0 Å². The van der Waals surface area contributed by atoms with Gasteiger partial charge in [0.1, 0.15) is 12.7 Å². The highest BCUT2D eigenvalue weighted by molar-refractivity contribution is 5.88. The molecule has 14 heavy (non-hydrogen) atoms. The van der Waals surface area contributed by atoms with Gasteiger partial charge in [0.2, 0.25) is 0 Å². The standard InChI is InChI=1S/C7H7N5O2/c1-14-7(13)12-3-11-4-5(8)9-2-10-6(4)12/h2-3H,1H3,(H2,8,9,10). The van der Waals surface area contributed by atoms with Gasteiger partial charge in [-0.15, -0.1) is 0 Å². The first-order valence-electron chi connectivity index (χ1n) is 3.76. The van der Waals surface area contributed by atoms with Gasteiger partial charge >= 0.3 is 6.09 Å². The molecule has 2 aromatic heterocycles. The number of rotatable bonds is 0. The van der Waals surface area contributed by atoms with Crippen LogP contribution in [0.3, 0.4) is 0 Å². The van der Waals surface area contributed by atoms with Gasteiger partial charge in [-0.05, 0) is 0 Å². The van der Waals surface area contributed by atoms with Crippen LogP contribution in [-0.4, -0.2) is 32.7 Å². The zero-order valence-electron chi connectivity index (χ0n) is 7.34. The molecular weight excluding hydrogens is 186 g/mol. The van der Waals surface area contributed by atoms with Gasteiger partial charge in [-0.25, -0.2) is 24.3 Å². The van der Waals surface area contributed by atoms with Crippen molar-refractivity contribution in [2.45, 2.75) is 0 Å². The third kappa shape index (κ3) is 1.06. The molecule has 0 saturated carbocycles. The number of nitrogens with two attached hydrogens (primary N) is 1. The minimum atomic E-state index is -0.564. The lowest BCUT2D eigenvalue weighted by Crippen LogP contribution is -2.10. The highest BCUT2D eigenvalue weighted by atomic mass is 16.5. The van der Waals surface area contributed by atoms with Crippen LogP contribution < -0.4 is 5.73 Å². The van der Waals surface area contributed by atoms with Crippen molar-refractivity contribution in [1.29, 1.82) is 0 Å². The van der Waals surface area contributed by atoms with Crippen LogP contribution in [0.4, 0.5) is 10.6 Å². The van der Waals surface area contributed by atoms with Crippen molar-refractivity contribution < 1.29 is 9.53 Å². The first kappa shape index (κ1) is 8.42. The molecule has 2 N–H and O–H groups in total. The molecule has 2 rings (SSSR count). The Balaban J connectivity index is 2.70. The van der Waals surface area contributed by atoms with E-state index in [1.807, 2.05) is 0 Å². The molecular formula is C7H7N5O2. The lowest BCUT2D eigenvalue weighted by Gasteiger charge is -1.98. The number of nitrogen functional groups attached to an aromatic ring is 1. The summed E-state index contributed by atoms with van der Waals surface area (Å²) < 4.78 is 5.69. The van der Waals surface area contributed by atoms with E-state index in [9.17, 15) is 4.79 Å². The Kier molecular flexibility index (Phi) is 1.77. The summed E-state index contributed by atoms with van der Waals surface area (Å²) in [5, 5.41) is 0. The van der Waals surface area contributed by atoms with E-state index in [1.54, 1.807) is 0 Å². The van der Waals surface area contributed by atoms with E-state index in [1.165, 1.54) is 19.8 Å². The second-order valence-electron chi connectivity index (χ2n) is 2.52. The van der Waals surface area contributed by atoms with Gasteiger partial charge in [-0.3, -0.25) is 0 Å². The first-order chi connectivity index (χ1) is 6.74. The van der Waals surface area contributed by atoms with Crippen LogP contribution in [0, 0.1) is 0 Å². The number of carbonyl (C=O) groups excluding carboxylic acids is 1. The molecule has 0 unspecified atom stereocenters. The predicted octanol–water partition coefficient (Wildman–Crippen LogP) is 0.0230. The van der Waals surface area contributed by atoms with Gasteiger partial charge in [0.25, 0.3) is 0 Å². The summed E-state index contributed by atoms with van der Waals surface area (Å²) in [6.07, 6.45) is 1.99. The van der Waals surface area contributed by atoms with E-state index in [4.69, 9.17) is 5.73 Å². The minimum Gasteiger partial charge on any atom is -0.452 e. The van der Waals surface area contributed by atoms with Crippen LogP contribution in [0.5, 0.6) is 0 Å². The van der Waals surface area contributed by atoms with E-state index in [0.717, 1.165) is 4.57 Å². The maximum atomic E-state index is 11.2. The van der Waals surface area contributed by atoms with Crippen molar-refractivity contribution in [2.24, 2.45) is 0 Å². The Morgan fingerprint density at radius 3 is 3.00 bits per heavy atom. The number of methoxy groups -OCH3 is 1. The minimum absolute atomic E-state index is 0.234. The molecule has 0 amide bonds. The van der Waals surface area contributed by atoms with Crippen molar-refractivity contribution in [2.75, 3.05) is 12.8 Å². The van der Waals surface area contributed by atoms with E-state index in [2.05, 4.69) is 19.7 Å². The largest absolute Gasteiger partial charge is 0.452 e. The van der Waals surface area contributed by atoms with Crippen LogP contribution in [0.15, 0.2) is 12.7 Å². The Labute approximate surface area is 78.5 Å². The van der Waals surface area contributed by atoms with Crippen molar-refractivity contribution >= 4 is 23.1 Å². The lowest BCUT2D eigenvalue weighted by molar-refractivity contribution is 0.173. The smallest absolute Gasteiger partial charge is 0.420 e. The lowest BCUT2D eigenvalue weighted by atomic mass is 10.5. The maximum Gasteiger partial charge on any atom is 0.420 e.